The fourth-order valence-electron chi connectivity index (χ4n) is 1.74. The van der Waals surface area contributed by atoms with Crippen molar-refractivity contribution >= 4 is 17.7 Å². The molecule has 1 aromatic carbocycles. The number of benzene rings is 1. The first-order valence-corrected chi connectivity index (χ1v) is 6.69. The van der Waals surface area contributed by atoms with Crippen molar-refractivity contribution in [1.82, 2.24) is 5.16 Å². The number of carbonyl (C=O) groups is 2. The van der Waals surface area contributed by atoms with E-state index < -0.39 is 17.7 Å². The average Bonchev–Trinajstić information content (AvgIpc) is 2.85. The van der Waals surface area contributed by atoms with E-state index >= 15 is 0 Å². The van der Waals surface area contributed by atoms with Gasteiger partial charge >= 0.3 is 12.1 Å². The first kappa shape index (κ1) is 16.3. The highest BCUT2D eigenvalue weighted by Gasteiger charge is 2.18. The molecule has 23 heavy (non-hydrogen) atoms. The van der Waals surface area contributed by atoms with E-state index in [1.165, 1.54) is 24.3 Å². The van der Waals surface area contributed by atoms with Gasteiger partial charge in [0.1, 0.15) is 11.4 Å². The number of carbonyl (C=O) groups excluding carboxylic acids is 1. The normalized spacial score (nSPS) is 11.1. The van der Waals surface area contributed by atoms with Crippen LogP contribution >= 0.6 is 0 Å². The smallest absolute Gasteiger partial charge is 0.412 e. The number of amides is 1. The quantitative estimate of drug-likeness (QED) is 0.794. The molecule has 0 atom stereocenters. The van der Waals surface area contributed by atoms with Crippen LogP contribution in [0.15, 0.2) is 28.8 Å². The van der Waals surface area contributed by atoms with Gasteiger partial charge in [0, 0.05) is 17.8 Å². The molecule has 0 unspecified atom stereocenters. The molecule has 0 saturated heterocycles. The van der Waals surface area contributed by atoms with Gasteiger partial charge < -0.3 is 19.5 Å². The minimum Gasteiger partial charge on any atom is -0.507 e. The highest BCUT2D eigenvalue weighted by molar-refractivity contribution is 5.88. The Kier molecular flexibility index (Phi) is 4.26. The van der Waals surface area contributed by atoms with E-state index in [4.69, 9.17) is 14.4 Å². The summed E-state index contributed by atoms with van der Waals surface area (Å²) in [4.78, 5) is 22.4. The van der Waals surface area contributed by atoms with Crippen LogP contribution in [0.25, 0.3) is 11.3 Å². The first-order chi connectivity index (χ1) is 10.7. The molecule has 1 amide bonds. The van der Waals surface area contributed by atoms with Crippen molar-refractivity contribution in [1.29, 1.82) is 0 Å². The van der Waals surface area contributed by atoms with E-state index in [0.717, 1.165) is 0 Å². The Morgan fingerprint density at radius 1 is 1.26 bits per heavy atom. The highest BCUT2D eigenvalue weighted by atomic mass is 16.6. The van der Waals surface area contributed by atoms with Gasteiger partial charge in [0.2, 0.25) is 0 Å². The maximum Gasteiger partial charge on any atom is 0.412 e. The van der Waals surface area contributed by atoms with Crippen molar-refractivity contribution in [3.63, 3.8) is 0 Å². The molecule has 122 valence electrons. The summed E-state index contributed by atoms with van der Waals surface area (Å²) in [7, 11) is 0. The van der Waals surface area contributed by atoms with Crippen LogP contribution in [-0.4, -0.2) is 33.0 Å². The zero-order chi connectivity index (χ0) is 17.2. The molecule has 0 aliphatic carbocycles. The maximum absolute atomic E-state index is 11.7. The number of ether oxygens (including phenoxy) is 1. The van der Waals surface area contributed by atoms with Gasteiger partial charge in [0.05, 0.1) is 5.56 Å². The Hall–Kier alpha value is -3.03. The number of aromatic hydroxyl groups is 1. The van der Waals surface area contributed by atoms with Crippen LogP contribution in [0.5, 0.6) is 5.75 Å². The number of rotatable bonds is 3. The lowest BCUT2D eigenvalue weighted by Crippen LogP contribution is -2.27. The number of carboxylic acids is 1. The van der Waals surface area contributed by atoms with E-state index in [0.29, 0.717) is 5.69 Å². The molecule has 1 heterocycles. The van der Waals surface area contributed by atoms with Gasteiger partial charge in [-0.15, -0.1) is 0 Å². The van der Waals surface area contributed by atoms with Crippen molar-refractivity contribution in [2.24, 2.45) is 0 Å². The second-order valence-electron chi connectivity index (χ2n) is 5.74. The predicted octanol–water partition coefficient (Wildman–Crippen LogP) is 3.09. The molecule has 0 fully saturated rings. The summed E-state index contributed by atoms with van der Waals surface area (Å²) in [5.41, 5.74) is -0.340. The van der Waals surface area contributed by atoms with E-state index in [1.54, 1.807) is 20.8 Å². The van der Waals surface area contributed by atoms with Crippen LogP contribution in [0.2, 0.25) is 0 Å². The lowest BCUT2D eigenvalue weighted by Gasteiger charge is -2.19. The largest absolute Gasteiger partial charge is 0.507 e. The molecule has 0 radical (unpaired) electrons. The van der Waals surface area contributed by atoms with E-state index in [-0.39, 0.29) is 22.8 Å². The standard InChI is InChI=1S/C15H16N2O6/c1-15(2,3)22-14(21)16-8-4-5-9(11(18)6-8)12-7-10(13(19)20)17-23-12/h4-7,18H,1-3H3,(H,16,21)(H,19,20). The zero-order valence-corrected chi connectivity index (χ0v) is 12.8. The molecule has 0 saturated carbocycles. The second kappa shape index (κ2) is 5.99. The van der Waals surface area contributed by atoms with Crippen molar-refractivity contribution in [2.75, 3.05) is 5.32 Å². The lowest BCUT2D eigenvalue weighted by molar-refractivity contribution is 0.0633. The molecule has 2 aromatic rings. The molecular formula is C15H16N2O6. The van der Waals surface area contributed by atoms with Crippen molar-refractivity contribution < 1.29 is 29.1 Å². The van der Waals surface area contributed by atoms with Gasteiger partial charge in [-0.1, -0.05) is 5.16 Å². The number of aromatic nitrogens is 1. The Balaban J connectivity index is 2.17. The third kappa shape index (κ3) is 4.22. The summed E-state index contributed by atoms with van der Waals surface area (Å²) in [6.07, 6.45) is -0.655. The number of aromatic carboxylic acids is 1. The van der Waals surface area contributed by atoms with Gasteiger partial charge in [-0.05, 0) is 32.9 Å². The van der Waals surface area contributed by atoms with E-state index in [9.17, 15) is 14.7 Å². The van der Waals surface area contributed by atoms with Gasteiger partial charge in [0.15, 0.2) is 11.5 Å². The molecule has 8 nitrogen and oxygen atoms in total. The van der Waals surface area contributed by atoms with Crippen LogP contribution in [0, 0.1) is 0 Å². The zero-order valence-electron chi connectivity index (χ0n) is 12.8. The summed E-state index contributed by atoms with van der Waals surface area (Å²) in [6, 6.07) is 5.47. The van der Waals surface area contributed by atoms with Crippen LogP contribution < -0.4 is 5.32 Å². The monoisotopic (exact) mass is 320 g/mol. The van der Waals surface area contributed by atoms with Gasteiger partial charge in [-0.2, -0.15) is 0 Å². The Bertz CT molecular complexity index is 745. The minimum absolute atomic E-state index is 0.101. The summed E-state index contributed by atoms with van der Waals surface area (Å²) >= 11 is 0. The van der Waals surface area contributed by atoms with Gasteiger partial charge in [-0.3, -0.25) is 5.32 Å². The minimum atomic E-state index is -1.23. The number of phenols is 1. The number of carboxylic acid groups (broad SMARTS) is 1. The molecule has 1 aromatic heterocycles. The third-order valence-corrected chi connectivity index (χ3v) is 2.64. The molecular weight excluding hydrogens is 304 g/mol. The SMILES string of the molecule is CC(C)(C)OC(=O)Nc1ccc(-c2cc(C(=O)O)no2)c(O)c1. The Labute approximate surface area is 131 Å². The Morgan fingerprint density at radius 2 is 1.96 bits per heavy atom. The van der Waals surface area contributed by atoms with Crippen LogP contribution in [0.1, 0.15) is 31.3 Å². The number of hydrogen-bond donors (Lipinski definition) is 3. The van der Waals surface area contributed by atoms with E-state index in [2.05, 4.69) is 10.5 Å². The molecule has 0 aliphatic heterocycles. The number of hydrogen-bond acceptors (Lipinski definition) is 6. The molecule has 0 bridgehead atoms. The highest BCUT2D eigenvalue weighted by Crippen LogP contribution is 2.32. The van der Waals surface area contributed by atoms with Crippen LogP contribution in [0.3, 0.4) is 0 Å². The number of anilines is 1. The molecule has 3 N–H and O–H groups in total. The fourth-order valence-corrected chi connectivity index (χ4v) is 1.74. The predicted molar refractivity (Wildman–Crippen MR) is 80.4 cm³/mol. The molecule has 0 aliphatic rings. The lowest BCUT2D eigenvalue weighted by atomic mass is 10.1. The molecule has 2 rings (SSSR count). The number of nitrogens with zero attached hydrogens (tertiary/aromatic N) is 1. The van der Waals surface area contributed by atoms with Gasteiger partial charge in [0.25, 0.3) is 0 Å². The third-order valence-electron chi connectivity index (χ3n) is 2.64. The topological polar surface area (TPSA) is 122 Å². The van der Waals surface area contributed by atoms with Crippen molar-refractivity contribution in [2.45, 2.75) is 26.4 Å². The first-order valence-electron chi connectivity index (χ1n) is 6.69. The number of nitrogens with one attached hydrogen (secondary N) is 1. The fraction of sp³-hybridized carbons (Fsp3) is 0.267. The van der Waals surface area contributed by atoms with Crippen LogP contribution in [0.4, 0.5) is 10.5 Å². The average molecular weight is 320 g/mol. The molecule has 8 heteroatoms. The van der Waals surface area contributed by atoms with Gasteiger partial charge in [-0.25, -0.2) is 9.59 Å². The summed E-state index contributed by atoms with van der Waals surface area (Å²) in [6.45, 7) is 5.20. The number of phenolic OH excluding ortho intramolecular Hbond substituents is 1. The van der Waals surface area contributed by atoms with Crippen molar-refractivity contribution in [3.8, 4) is 17.1 Å². The summed E-state index contributed by atoms with van der Waals surface area (Å²) in [5.74, 6) is -1.34. The molecule has 0 spiro atoms. The maximum atomic E-state index is 11.7. The van der Waals surface area contributed by atoms with Crippen LogP contribution in [-0.2, 0) is 4.74 Å². The summed E-state index contributed by atoms with van der Waals surface area (Å²) in [5, 5.41) is 24.7. The second-order valence-corrected chi connectivity index (χ2v) is 5.74. The van der Waals surface area contributed by atoms with E-state index in [1.807, 2.05) is 0 Å². The summed E-state index contributed by atoms with van der Waals surface area (Å²) < 4.78 is 9.98. The van der Waals surface area contributed by atoms with Crippen molar-refractivity contribution in [3.05, 3.63) is 30.0 Å². The Morgan fingerprint density at radius 3 is 2.48 bits per heavy atom.